The lowest BCUT2D eigenvalue weighted by Gasteiger charge is -2.06. The van der Waals surface area contributed by atoms with Crippen LogP contribution in [-0.2, 0) is 16.6 Å². The van der Waals surface area contributed by atoms with Crippen LogP contribution in [-0.4, -0.2) is 45.3 Å². The van der Waals surface area contributed by atoms with Gasteiger partial charge in [0.15, 0.2) is 0 Å². The molecule has 100 valence electrons. The number of carboxylic acid groups (broad SMARTS) is 1. The van der Waals surface area contributed by atoms with E-state index in [1.54, 1.807) is 18.5 Å². The van der Waals surface area contributed by atoms with Crippen molar-refractivity contribution >= 4 is 17.6 Å². The van der Waals surface area contributed by atoms with Gasteiger partial charge in [0.05, 0.1) is 6.61 Å². The molecule has 18 heavy (non-hydrogen) atoms. The molecule has 0 aliphatic rings. The lowest BCUT2D eigenvalue weighted by molar-refractivity contribution is -0.388. The molecule has 0 saturated heterocycles. The van der Waals surface area contributed by atoms with Gasteiger partial charge in [0.1, 0.15) is 6.61 Å². The molecular weight excluding hydrogens is 244 g/mol. The summed E-state index contributed by atoms with van der Waals surface area (Å²) in [4.78, 5) is 24.2. The number of nitrogens with zero attached hydrogens (tertiary/aromatic N) is 3. The smallest absolute Gasteiger partial charge is 0.406 e. The Kier molecular flexibility index (Phi) is 4.60. The molecule has 1 rings (SSSR count). The Hall–Kier alpha value is -2.16. The summed E-state index contributed by atoms with van der Waals surface area (Å²) in [5, 5.41) is 21.9. The van der Waals surface area contributed by atoms with Crippen LogP contribution in [0.1, 0.15) is 5.82 Å². The molecule has 1 heterocycles. The second kappa shape index (κ2) is 5.96. The number of nitro groups is 1. The van der Waals surface area contributed by atoms with Crippen LogP contribution < -0.4 is 5.32 Å². The molecule has 0 aliphatic carbocycles. The van der Waals surface area contributed by atoms with E-state index in [1.165, 1.54) is 0 Å². The van der Waals surface area contributed by atoms with E-state index in [-0.39, 0.29) is 24.8 Å². The summed E-state index contributed by atoms with van der Waals surface area (Å²) in [6.07, 6.45) is 0. The van der Waals surface area contributed by atoms with Crippen molar-refractivity contribution in [3.05, 3.63) is 15.9 Å². The highest BCUT2D eigenvalue weighted by atomic mass is 16.6. The number of hydrogen-bond donors (Lipinski definition) is 2. The Balaban J connectivity index is 2.56. The average molecular weight is 258 g/mol. The third-order valence-corrected chi connectivity index (χ3v) is 2.24. The van der Waals surface area contributed by atoms with Crippen LogP contribution in [0.25, 0.3) is 0 Å². The normalized spacial score (nSPS) is 10.3. The number of rotatable bonds is 7. The first-order valence-electron chi connectivity index (χ1n) is 5.14. The number of anilines is 1. The first kappa shape index (κ1) is 13.9. The highest BCUT2D eigenvalue weighted by Gasteiger charge is 2.22. The predicted molar refractivity (Wildman–Crippen MR) is 61.5 cm³/mol. The first-order chi connectivity index (χ1) is 8.43. The summed E-state index contributed by atoms with van der Waals surface area (Å²) in [7, 11) is 1.65. The van der Waals surface area contributed by atoms with Gasteiger partial charge in [0.2, 0.25) is 11.6 Å². The largest absolute Gasteiger partial charge is 0.480 e. The van der Waals surface area contributed by atoms with Gasteiger partial charge in [-0.05, 0) is 9.91 Å². The Labute approximate surface area is 103 Å². The second-order valence-corrected chi connectivity index (χ2v) is 3.52. The fourth-order valence-corrected chi connectivity index (χ4v) is 1.32. The first-order valence-corrected chi connectivity index (χ1v) is 5.14. The summed E-state index contributed by atoms with van der Waals surface area (Å²) < 4.78 is 6.35. The third kappa shape index (κ3) is 3.42. The Morgan fingerprint density at radius 3 is 2.89 bits per heavy atom. The Morgan fingerprint density at radius 2 is 2.33 bits per heavy atom. The molecule has 0 atom stereocenters. The highest BCUT2D eigenvalue weighted by molar-refractivity contribution is 5.68. The van der Waals surface area contributed by atoms with Gasteiger partial charge in [0.25, 0.3) is 0 Å². The molecule has 0 saturated carbocycles. The zero-order valence-electron chi connectivity index (χ0n) is 10.0. The van der Waals surface area contributed by atoms with E-state index < -0.39 is 17.5 Å². The van der Waals surface area contributed by atoms with E-state index in [1.807, 2.05) is 0 Å². The van der Waals surface area contributed by atoms with Gasteiger partial charge < -0.3 is 25.3 Å². The van der Waals surface area contributed by atoms with E-state index in [9.17, 15) is 14.9 Å². The van der Waals surface area contributed by atoms with Crippen molar-refractivity contribution < 1.29 is 19.6 Å². The van der Waals surface area contributed by atoms with Crippen LogP contribution in [0.5, 0.6) is 0 Å². The van der Waals surface area contributed by atoms with Crippen molar-refractivity contribution in [2.45, 2.75) is 6.92 Å². The summed E-state index contributed by atoms with van der Waals surface area (Å²) in [6.45, 7) is 1.65. The average Bonchev–Trinajstić information content (AvgIpc) is 2.56. The second-order valence-electron chi connectivity index (χ2n) is 3.52. The number of aryl methyl sites for hydroxylation is 1. The molecule has 2 N–H and O–H groups in total. The van der Waals surface area contributed by atoms with Gasteiger partial charge in [-0.15, -0.1) is 0 Å². The molecule has 1 aromatic heterocycles. The molecule has 0 bridgehead atoms. The lowest BCUT2D eigenvalue weighted by atomic mass is 10.5. The van der Waals surface area contributed by atoms with Crippen molar-refractivity contribution in [2.24, 2.45) is 7.05 Å². The summed E-state index contributed by atoms with van der Waals surface area (Å²) in [5.41, 5.74) is 0. The fraction of sp³-hybridized carbons (Fsp3) is 0.556. The molecule has 0 fully saturated rings. The van der Waals surface area contributed by atoms with Gasteiger partial charge in [0, 0.05) is 20.5 Å². The van der Waals surface area contributed by atoms with Crippen LogP contribution in [0.4, 0.5) is 11.6 Å². The molecule has 0 aliphatic heterocycles. The maximum atomic E-state index is 10.7. The fourth-order valence-electron chi connectivity index (χ4n) is 1.32. The molecule has 0 unspecified atom stereocenters. The van der Waals surface area contributed by atoms with E-state index in [0.29, 0.717) is 5.82 Å². The van der Waals surface area contributed by atoms with Crippen molar-refractivity contribution in [3.8, 4) is 0 Å². The highest BCUT2D eigenvalue weighted by Crippen LogP contribution is 2.23. The molecule has 9 nitrogen and oxygen atoms in total. The molecule has 0 radical (unpaired) electrons. The molecule has 0 amide bonds. The monoisotopic (exact) mass is 258 g/mol. The minimum atomic E-state index is -1.06. The van der Waals surface area contributed by atoms with Crippen molar-refractivity contribution in [3.63, 3.8) is 0 Å². The predicted octanol–water partition coefficient (Wildman–Crippen LogP) is 0.150. The molecule has 0 spiro atoms. The standard InChI is InChI=1S/C9H14N4O5/c1-6-11-9(13(16)17)8(12(6)2)10-3-4-18-5-7(14)15/h10H,3-5H2,1-2H3,(H,14,15). The summed E-state index contributed by atoms with van der Waals surface area (Å²) >= 11 is 0. The molecular formula is C9H14N4O5. The van der Waals surface area contributed by atoms with Crippen LogP contribution in [0.15, 0.2) is 0 Å². The van der Waals surface area contributed by atoms with E-state index in [2.05, 4.69) is 10.3 Å². The Bertz CT molecular complexity index is 456. The lowest BCUT2D eigenvalue weighted by Crippen LogP contribution is -2.15. The van der Waals surface area contributed by atoms with Gasteiger partial charge in [-0.1, -0.05) is 0 Å². The van der Waals surface area contributed by atoms with E-state index in [0.717, 1.165) is 0 Å². The third-order valence-electron chi connectivity index (χ3n) is 2.24. The zero-order chi connectivity index (χ0) is 13.7. The Morgan fingerprint density at radius 1 is 1.67 bits per heavy atom. The van der Waals surface area contributed by atoms with Crippen LogP contribution in [0, 0.1) is 17.0 Å². The summed E-state index contributed by atoms with van der Waals surface area (Å²) in [6, 6.07) is 0. The quantitative estimate of drug-likeness (QED) is 0.405. The van der Waals surface area contributed by atoms with Crippen molar-refractivity contribution in [1.82, 2.24) is 9.55 Å². The van der Waals surface area contributed by atoms with Crippen LogP contribution in [0.2, 0.25) is 0 Å². The van der Waals surface area contributed by atoms with Gasteiger partial charge in [-0.25, -0.2) is 4.79 Å². The van der Waals surface area contributed by atoms with Crippen LogP contribution >= 0.6 is 0 Å². The molecule has 1 aromatic rings. The maximum absolute atomic E-state index is 10.7. The van der Waals surface area contributed by atoms with Gasteiger partial charge in [-0.2, -0.15) is 0 Å². The zero-order valence-corrected chi connectivity index (χ0v) is 10.0. The number of imidazole rings is 1. The number of aromatic nitrogens is 2. The van der Waals surface area contributed by atoms with Crippen molar-refractivity contribution in [2.75, 3.05) is 25.1 Å². The molecule has 0 aromatic carbocycles. The number of aliphatic carboxylic acids is 1. The maximum Gasteiger partial charge on any atom is 0.406 e. The van der Waals surface area contributed by atoms with Gasteiger partial charge >= 0.3 is 11.8 Å². The number of carbonyl (C=O) groups is 1. The number of ether oxygens (including phenoxy) is 1. The van der Waals surface area contributed by atoms with Gasteiger partial charge in [-0.3, -0.25) is 4.57 Å². The minimum absolute atomic E-state index is 0.133. The van der Waals surface area contributed by atoms with Crippen LogP contribution in [0.3, 0.4) is 0 Å². The van der Waals surface area contributed by atoms with Crippen molar-refractivity contribution in [1.29, 1.82) is 0 Å². The number of hydrogen-bond acceptors (Lipinski definition) is 6. The minimum Gasteiger partial charge on any atom is -0.480 e. The SMILES string of the molecule is Cc1nc([N+](=O)[O-])c(NCCOCC(=O)O)n1C. The van der Waals surface area contributed by atoms with E-state index in [4.69, 9.17) is 9.84 Å². The number of carboxylic acids is 1. The topological polar surface area (TPSA) is 120 Å². The molecule has 9 heteroatoms. The summed E-state index contributed by atoms with van der Waals surface area (Å²) in [5.74, 6) is -0.530. The van der Waals surface area contributed by atoms with E-state index >= 15 is 0 Å². The number of nitrogens with one attached hydrogen (secondary N) is 1.